The number of pyridine rings is 1. The summed E-state index contributed by atoms with van der Waals surface area (Å²) in [4.78, 5) is 21.6. The number of methoxy groups -OCH3 is 1. The van der Waals surface area contributed by atoms with Crippen molar-refractivity contribution in [2.24, 2.45) is 0 Å². The molecule has 2 aromatic heterocycles. The highest BCUT2D eigenvalue weighted by Crippen LogP contribution is 2.31. The van der Waals surface area contributed by atoms with Gasteiger partial charge in [0, 0.05) is 18.1 Å². The third-order valence-corrected chi connectivity index (χ3v) is 4.51. The monoisotopic (exact) mass is 384 g/mol. The van der Waals surface area contributed by atoms with Crippen LogP contribution in [0.2, 0.25) is 0 Å². The van der Waals surface area contributed by atoms with Crippen LogP contribution in [0, 0.1) is 6.92 Å². The summed E-state index contributed by atoms with van der Waals surface area (Å²) in [6.45, 7) is 2.03. The van der Waals surface area contributed by atoms with Crippen LogP contribution < -0.4 is 10.1 Å². The standard InChI is InChI=1S/C23H20N4O2/c1-16-10-12-17(13-11-16)27-15-19(23(28)26-21-9-5-6-14-24-21)25-22(27)18-7-3-4-8-20(18)29-2/h3-15H,1-2H3,(H,24,26,28). The van der Waals surface area contributed by atoms with Gasteiger partial charge >= 0.3 is 0 Å². The Morgan fingerprint density at radius 2 is 1.76 bits per heavy atom. The number of rotatable bonds is 5. The van der Waals surface area contributed by atoms with Crippen LogP contribution in [0.5, 0.6) is 5.75 Å². The maximum atomic E-state index is 12.8. The van der Waals surface area contributed by atoms with E-state index in [1.54, 1.807) is 31.6 Å². The summed E-state index contributed by atoms with van der Waals surface area (Å²) in [7, 11) is 1.62. The van der Waals surface area contributed by atoms with Crippen LogP contribution in [0.1, 0.15) is 16.1 Å². The van der Waals surface area contributed by atoms with Crippen LogP contribution in [-0.4, -0.2) is 27.6 Å². The minimum Gasteiger partial charge on any atom is -0.496 e. The van der Waals surface area contributed by atoms with Crippen molar-refractivity contribution in [2.45, 2.75) is 6.92 Å². The van der Waals surface area contributed by atoms with Crippen molar-refractivity contribution < 1.29 is 9.53 Å². The molecule has 2 aromatic carbocycles. The number of hydrogen-bond acceptors (Lipinski definition) is 4. The first kappa shape index (κ1) is 18.4. The van der Waals surface area contributed by atoms with E-state index in [0.717, 1.165) is 16.8 Å². The lowest BCUT2D eigenvalue weighted by atomic mass is 10.1. The number of anilines is 1. The van der Waals surface area contributed by atoms with Crippen molar-refractivity contribution in [3.05, 3.63) is 90.4 Å². The molecule has 6 heteroatoms. The molecule has 4 aromatic rings. The van der Waals surface area contributed by atoms with E-state index in [1.165, 1.54) is 0 Å². The highest BCUT2D eigenvalue weighted by Gasteiger charge is 2.19. The summed E-state index contributed by atoms with van der Waals surface area (Å²) in [5, 5.41) is 2.78. The van der Waals surface area contributed by atoms with Gasteiger partial charge in [-0.15, -0.1) is 0 Å². The minimum atomic E-state index is -0.328. The van der Waals surface area contributed by atoms with Crippen LogP contribution in [0.4, 0.5) is 5.82 Å². The Morgan fingerprint density at radius 1 is 1.00 bits per heavy atom. The van der Waals surface area contributed by atoms with E-state index < -0.39 is 0 Å². The molecule has 4 rings (SSSR count). The van der Waals surface area contributed by atoms with Gasteiger partial charge in [-0.2, -0.15) is 0 Å². The van der Waals surface area contributed by atoms with E-state index in [9.17, 15) is 4.79 Å². The number of aromatic nitrogens is 3. The first-order valence-electron chi connectivity index (χ1n) is 9.18. The van der Waals surface area contributed by atoms with Crippen LogP contribution in [0.15, 0.2) is 79.1 Å². The van der Waals surface area contributed by atoms with Gasteiger partial charge in [-0.1, -0.05) is 35.9 Å². The zero-order valence-electron chi connectivity index (χ0n) is 16.2. The number of benzene rings is 2. The Labute approximate surface area is 168 Å². The molecule has 0 unspecified atom stereocenters. The summed E-state index contributed by atoms with van der Waals surface area (Å²) in [5.74, 6) is 1.45. The van der Waals surface area contributed by atoms with E-state index in [2.05, 4.69) is 15.3 Å². The van der Waals surface area contributed by atoms with Gasteiger partial charge in [-0.3, -0.25) is 9.36 Å². The molecular formula is C23H20N4O2. The van der Waals surface area contributed by atoms with E-state index >= 15 is 0 Å². The summed E-state index contributed by atoms with van der Waals surface area (Å²) in [5.41, 5.74) is 3.14. The number of imidazole rings is 1. The molecule has 0 atom stereocenters. The first-order valence-corrected chi connectivity index (χ1v) is 9.18. The number of carbonyl (C=O) groups excluding carboxylic acids is 1. The SMILES string of the molecule is COc1ccccc1-c1nc(C(=O)Nc2ccccn2)cn1-c1ccc(C)cc1. The van der Waals surface area contributed by atoms with Crippen molar-refractivity contribution in [1.29, 1.82) is 0 Å². The summed E-state index contributed by atoms with van der Waals surface area (Å²) in [6, 6.07) is 21.0. The molecule has 1 N–H and O–H groups in total. The lowest BCUT2D eigenvalue weighted by Crippen LogP contribution is -2.13. The fraction of sp³-hybridized carbons (Fsp3) is 0.0870. The molecule has 0 radical (unpaired) electrons. The lowest BCUT2D eigenvalue weighted by Gasteiger charge is -2.11. The normalized spacial score (nSPS) is 10.6. The van der Waals surface area contributed by atoms with Crippen molar-refractivity contribution in [3.8, 4) is 22.8 Å². The number of aryl methyl sites for hydroxylation is 1. The highest BCUT2D eigenvalue weighted by atomic mass is 16.5. The Balaban J connectivity index is 1.80. The Hall–Kier alpha value is -3.93. The third-order valence-electron chi connectivity index (χ3n) is 4.51. The van der Waals surface area contributed by atoms with Gasteiger partial charge in [0.1, 0.15) is 23.1 Å². The van der Waals surface area contributed by atoms with Gasteiger partial charge in [0.05, 0.1) is 12.7 Å². The van der Waals surface area contributed by atoms with Crippen molar-refractivity contribution in [3.63, 3.8) is 0 Å². The quantitative estimate of drug-likeness (QED) is 0.550. The molecule has 144 valence electrons. The van der Waals surface area contributed by atoms with Gasteiger partial charge in [-0.25, -0.2) is 9.97 Å². The second-order valence-electron chi connectivity index (χ2n) is 6.52. The minimum absolute atomic E-state index is 0.289. The fourth-order valence-electron chi connectivity index (χ4n) is 3.03. The molecule has 0 saturated heterocycles. The first-order chi connectivity index (χ1) is 14.2. The Morgan fingerprint density at radius 3 is 2.48 bits per heavy atom. The van der Waals surface area contributed by atoms with Gasteiger partial charge in [0.15, 0.2) is 0 Å². The average Bonchev–Trinajstić information content (AvgIpc) is 3.20. The predicted molar refractivity (Wildman–Crippen MR) is 112 cm³/mol. The second kappa shape index (κ2) is 7.98. The van der Waals surface area contributed by atoms with Gasteiger partial charge in [0.25, 0.3) is 5.91 Å². The third kappa shape index (κ3) is 3.87. The molecule has 0 aliphatic rings. The van der Waals surface area contributed by atoms with Crippen LogP contribution >= 0.6 is 0 Å². The maximum absolute atomic E-state index is 12.8. The van der Waals surface area contributed by atoms with Crippen molar-refractivity contribution >= 4 is 11.7 Å². The summed E-state index contributed by atoms with van der Waals surface area (Å²) >= 11 is 0. The summed E-state index contributed by atoms with van der Waals surface area (Å²) in [6.07, 6.45) is 3.35. The zero-order chi connectivity index (χ0) is 20.2. The van der Waals surface area contributed by atoms with Gasteiger partial charge < -0.3 is 10.1 Å². The van der Waals surface area contributed by atoms with Gasteiger partial charge in [0.2, 0.25) is 0 Å². The van der Waals surface area contributed by atoms with E-state index in [0.29, 0.717) is 17.4 Å². The molecule has 0 bridgehead atoms. The molecule has 0 spiro atoms. The molecule has 1 amide bonds. The molecule has 0 aliphatic heterocycles. The Kier molecular flexibility index (Phi) is 5.07. The molecule has 0 saturated carbocycles. The number of para-hydroxylation sites is 1. The maximum Gasteiger partial charge on any atom is 0.277 e. The highest BCUT2D eigenvalue weighted by molar-refractivity contribution is 6.02. The fourth-order valence-corrected chi connectivity index (χ4v) is 3.03. The second-order valence-corrected chi connectivity index (χ2v) is 6.52. The largest absolute Gasteiger partial charge is 0.496 e. The molecule has 2 heterocycles. The number of hydrogen-bond donors (Lipinski definition) is 1. The Bertz CT molecular complexity index is 1140. The van der Waals surface area contributed by atoms with Crippen LogP contribution in [0.3, 0.4) is 0 Å². The van der Waals surface area contributed by atoms with Crippen molar-refractivity contribution in [2.75, 3.05) is 12.4 Å². The molecule has 29 heavy (non-hydrogen) atoms. The topological polar surface area (TPSA) is 69.0 Å². The molecule has 6 nitrogen and oxygen atoms in total. The number of nitrogens with zero attached hydrogens (tertiary/aromatic N) is 3. The van der Waals surface area contributed by atoms with E-state index in [1.807, 2.05) is 66.1 Å². The van der Waals surface area contributed by atoms with E-state index in [4.69, 9.17) is 4.74 Å². The smallest absolute Gasteiger partial charge is 0.277 e. The number of amides is 1. The van der Waals surface area contributed by atoms with Crippen LogP contribution in [0.25, 0.3) is 17.1 Å². The predicted octanol–water partition coefficient (Wildman–Crippen LogP) is 4.50. The lowest BCUT2D eigenvalue weighted by molar-refractivity contribution is 0.102. The number of ether oxygens (including phenoxy) is 1. The zero-order valence-corrected chi connectivity index (χ0v) is 16.2. The summed E-state index contributed by atoms with van der Waals surface area (Å²) < 4.78 is 7.40. The van der Waals surface area contributed by atoms with E-state index in [-0.39, 0.29) is 11.6 Å². The van der Waals surface area contributed by atoms with Crippen LogP contribution in [-0.2, 0) is 0 Å². The van der Waals surface area contributed by atoms with Crippen molar-refractivity contribution in [1.82, 2.24) is 14.5 Å². The average molecular weight is 384 g/mol. The molecular weight excluding hydrogens is 364 g/mol. The number of carbonyl (C=O) groups is 1. The molecule has 0 fully saturated rings. The van der Waals surface area contributed by atoms with Gasteiger partial charge in [-0.05, 0) is 43.3 Å². The number of nitrogens with one attached hydrogen (secondary N) is 1. The molecule has 0 aliphatic carbocycles.